The van der Waals surface area contributed by atoms with Gasteiger partial charge in [0.05, 0.1) is 10.5 Å². The minimum absolute atomic E-state index is 0.0660. The van der Waals surface area contributed by atoms with Gasteiger partial charge >= 0.3 is 0 Å². The Balaban J connectivity index is 2.13. The number of hydrogen-bond acceptors (Lipinski definition) is 5. The second kappa shape index (κ2) is 6.97. The minimum Gasteiger partial charge on any atom is -0.490 e. The normalized spacial score (nSPS) is 11.8. The van der Waals surface area contributed by atoms with Crippen LogP contribution in [0.5, 0.6) is 5.75 Å². The molecule has 1 unspecified atom stereocenters. The molecule has 2 aromatic carbocycles. The first-order chi connectivity index (χ1) is 10.9. The molecule has 0 fully saturated rings. The van der Waals surface area contributed by atoms with E-state index in [1.54, 1.807) is 0 Å². The number of non-ortho nitro benzene ring substituents is 1. The molecule has 7 heteroatoms. The van der Waals surface area contributed by atoms with Crippen LogP contribution in [0, 0.1) is 15.9 Å². The SMILES string of the molecule is CC(=O)c1cc(F)ccc1OCC(O)c1cccc([N+](=O)[O-])c1. The van der Waals surface area contributed by atoms with Gasteiger partial charge in [0.2, 0.25) is 0 Å². The number of nitro groups is 1. The van der Waals surface area contributed by atoms with Gasteiger partial charge in [0, 0.05) is 12.1 Å². The summed E-state index contributed by atoms with van der Waals surface area (Å²) >= 11 is 0. The summed E-state index contributed by atoms with van der Waals surface area (Å²) in [6.45, 7) is 1.05. The summed E-state index contributed by atoms with van der Waals surface area (Å²) in [5, 5.41) is 20.8. The molecule has 0 aliphatic carbocycles. The predicted molar refractivity (Wildman–Crippen MR) is 80.0 cm³/mol. The highest BCUT2D eigenvalue weighted by Gasteiger charge is 2.15. The molecule has 0 radical (unpaired) electrons. The number of benzene rings is 2. The van der Waals surface area contributed by atoms with Crippen molar-refractivity contribution in [3.63, 3.8) is 0 Å². The number of carbonyl (C=O) groups is 1. The van der Waals surface area contributed by atoms with Gasteiger partial charge in [-0.1, -0.05) is 12.1 Å². The molecule has 2 rings (SSSR count). The number of hydrogen-bond donors (Lipinski definition) is 1. The van der Waals surface area contributed by atoms with Crippen molar-refractivity contribution >= 4 is 11.5 Å². The summed E-state index contributed by atoms with van der Waals surface area (Å²) in [5.74, 6) is -0.797. The van der Waals surface area contributed by atoms with E-state index in [-0.39, 0.29) is 29.4 Å². The highest BCUT2D eigenvalue weighted by atomic mass is 19.1. The third-order valence-corrected chi connectivity index (χ3v) is 3.18. The first kappa shape index (κ1) is 16.6. The molecule has 120 valence electrons. The molecule has 1 atom stereocenters. The van der Waals surface area contributed by atoms with Crippen LogP contribution in [0.1, 0.15) is 28.9 Å². The van der Waals surface area contributed by atoms with Crippen LogP contribution in [0.3, 0.4) is 0 Å². The lowest BCUT2D eigenvalue weighted by Crippen LogP contribution is -2.11. The van der Waals surface area contributed by atoms with Crippen LogP contribution in [-0.2, 0) is 0 Å². The number of ether oxygens (including phenoxy) is 1. The summed E-state index contributed by atoms with van der Waals surface area (Å²) in [5.41, 5.74) is 0.231. The fraction of sp³-hybridized carbons (Fsp3) is 0.188. The molecule has 0 saturated carbocycles. The molecule has 0 bridgehead atoms. The minimum atomic E-state index is -1.13. The second-order valence-electron chi connectivity index (χ2n) is 4.88. The van der Waals surface area contributed by atoms with Crippen molar-refractivity contribution in [2.75, 3.05) is 6.61 Å². The molecule has 6 nitrogen and oxygen atoms in total. The Morgan fingerprint density at radius 1 is 1.35 bits per heavy atom. The first-order valence-corrected chi connectivity index (χ1v) is 6.74. The van der Waals surface area contributed by atoms with Crippen molar-refractivity contribution in [3.8, 4) is 5.75 Å². The molecule has 0 heterocycles. The second-order valence-corrected chi connectivity index (χ2v) is 4.88. The molecule has 1 N–H and O–H groups in total. The van der Waals surface area contributed by atoms with Crippen molar-refractivity contribution in [2.24, 2.45) is 0 Å². The third kappa shape index (κ3) is 4.10. The van der Waals surface area contributed by atoms with Gasteiger partial charge in [-0.2, -0.15) is 0 Å². The van der Waals surface area contributed by atoms with Crippen molar-refractivity contribution < 1.29 is 24.0 Å². The lowest BCUT2D eigenvalue weighted by atomic mass is 10.1. The maximum absolute atomic E-state index is 13.2. The van der Waals surface area contributed by atoms with E-state index >= 15 is 0 Å². The number of Topliss-reactive ketones (excluding diaryl/α,β-unsaturated/α-hetero) is 1. The predicted octanol–water partition coefficient (Wildman–Crippen LogP) is 3.05. The van der Waals surface area contributed by atoms with E-state index in [0.29, 0.717) is 5.56 Å². The van der Waals surface area contributed by atoms with Crippen molar-refractivity contribution in [3.05, 3.63) is 69.5 Å². The number of nitrogens with zero attached hydrogens (tertiary/aromatic N) is 1. The lowest BCUT2D eigenvalue weighted by molar-refractivity contribution is -0.385. The molecule has 0 saturated heterocycles. The van der Waals surface area contributed by atoms with Crippen LogP contribution >= 0.6 is 0 Å². The van der Waals surface area contributed by atoms with Gasteiger partial charge in [-0.15, -0.1) is 0 Å². The number of nitro benzene ring substituents is 1. The largest absolute Gasteiger partial charge is 0.490 e. The highest BCUT2D eigenvalue weighted by Crippen LogP contribution is 2.24. The number of aliphatic hydroxyl groups excluding tert-OH is 1. The Hall–Kier alpha value is -2.80. The van der Waals surface area contributed by atoms with Gasteiger partial charge in [0.15, 0.2) is 5.78 Å². The van der Waals surface area contributed by atoms with E-state index in [1.165, 1.54) is 37.3 Å². The van der Waals surface area contributed by atoms with Crippen LogP contribution in [0.4, 0.5) is 10.1 Å². The zero-order valence-corrected chi connectivity index (χ0v) is 12.2. The van der Waals surface area contributed by atoms with Crippen molar-refractivity contribution in [1.29, 1.82) is 0 Å². The average molecular weight is 319 g/mol. The summed E-state index contributed by atoms with van der Waals surface area (Å²) in [6.07, 6.45) is -1.13. The molecule has 0 aliphatic rings. The van der Waals surface area contributed by atoms with E-state index in [0.717, 1.165) is 12.1 Å². The first-order valence-electron chi connectivity index (χ1n) is 6.74. The number of halogens is 1. The third-order valence-electron chi connectivity index (χ3n) is 3.18. The molecule has 0 spiro atoms. The molecule has 0 amide bonds. The van der Waals surface area contributed by atoms with Gasteiger partial charge in [-0.05, 0) is 30.7 Å². The topological polar surface area (TPSA) is 89.7 Å². The van der Waals surface area contributed by atoms with Crippen LogP contribution < -0.4 is 4.74 Å². The summed E-state index contributed by atoms with van der Waals surface area (Å²) in [4.78, 5) is 21.6. The van der Waals surface area contributed by atoms with Gasteiger partial charge in [0.1, 0.15) is 24.3 Å². The molecule has 23 heavy (non-hydrogen) atoms. The fourth-order valence-electron chi connectivity index (χ4n) is 2.01. The quantitative estimate of drug-likeness (QED) is 0.502. The number of rotatable bonds is 6. The highest BCUT2D eigenvalue weighted by molar-refractivity contribution is 5.96. The average Bonchev–Trinajstić information content (AvgIpc) is 2.53. The Kier molecular flexibility index (Phi) is 5.02. The Labute approximate surface area is 131 Å². The maximum atomic E-state index is 13.2. The van der Waals surface area contributed by atoms with Crippen molar-refractivity contribution in [2.45, 2.75) is 13.0 Å². The van der Waals surface area contributed by atoms with Gasteiger partial charge in [0.25, 0.3) is 5.69 Å². The monoisotopic (exact) mass is 319 g/mol. The number of ketones is 1. The zero-order valence-electron chi connectivity index (χ0n) is 12.2. The van der Waals surface area contributed by atoms with E-state index in [9.17, 15) is 24.4 Å². The molecular weight excluding hydrogens is 305 g/mol. The van der Waals surface area contributed by atoms with Crippen molar-refractivity contribution in [1.82, 2.24) is 0 Å². The van der Waals surface area contributed by atoms with E-state index < -0.39 is 16.8 Å². The van der Waals surface area contributed by atoms with Crippen LogP contribution in [-0.4, -0.2) is 22.4 Å². The molecular formula is C16H14FNO5. The van der Waals surface area contributed by atoms with Gasteiger partial charge < -0.3 is 9.84 Å². The Morgan fingerprint density at radius 3 is 2.74 bits per heavy atom. The molecule has 2 aromatic rings. The van der Waals surface area contributed by atoms with Crippen LogP contribution in [0.25, 0.3) is 0 Å². The molecule has 0 aliphatic heterocycles. The summed E-state index contributed by atoms with van der Waals surface area (Å²) < 4.78 is 18.5. The van der Waals surface area contributed by atoms with E-state index in [1.807, 2.05) is 0 Å². The Bertz CT molecular complexity index is 747. The van der Waals surface area contributed by atoms with Gasteiger partial charge in [-0.25, -0.2) is 4.39 Å². The zero-order chi connectivity index (χ0) is 17.0. The van der Waals surface area contributed by atoms with Gasteiger partial charge in [-0.3, -0.25) is 14.9 Å². The molecule has 0 aromatic heterocycles. The Morgan fingerprint density at radius 2 is 2.09 bits per heavy atom. The standard InChI is InChI=1S/C16H14FNO5/c1-10(19)14-8-12(17)5-6-16(14)23-9-15(20)11-3-2-4-13(7-11)18(21)22/h2-8,15,20H,9H2,1H3. The smallest absolute Gasteiger partial charge is 0.269 e. The maximum Gasteiger partial charge on any atom is 0.269 e. The van der Waals surface area contributed by atoms with E-state index in [2.05, 4.69) is 0 Å². The number of aliphatic hydroxyl groups is 1. The summed E-state index contributed by atoms with van der Waals surface area (Å²) in [7, 11) is 0. The van der Waals surface area contributed by atoms with Crippen LogP contribution in [0.2, 0.25) is 0 Å². The summed E-state index contributed by atoms with van der Waals surface area (Å²) in [6, 6.07) is 9.02. The van der Waals surface area contributed by atoms with Crippen LogP contribution in [0.15, 0.2) is 42.5 Å². The lowest BCUT2D eigenvalue weighted by Gasteiger charge is -2.14. The van der Waals surface area contributed by atoms with E-state index in [4.69, 9.17) is 4.74 Å². The fourth-order valence-corrected chi connectivity index (χ4v) is 2.01. The number of carbonyl (C=O) groups excluding carboxylic acids is 1.